The van der Waals surface area contributed by atoms with Crippen LogP contribution >= 0.6 is 0 Å². The topological polar surface area (TPSA) is 59.0 Å². The lowest BCUT2D eigenvalue weighted by molar-refractivity contribution is 0.134. The number of guanidine groups is 1. The molecule has 4 rings (SSSR count). The van der Waals surface area contributed by atoms with Crippen LogP contribution in [0, 0.1) is 0 Å². The summed E-state index contributed by atoms with van der Waals surface area (Å²) in [6, 6.07) is 16.0. The van der Waals surface area contributed by atoms with Gasteiger partial charge in [0.15, 0.2) is 5.96 Å². The third kappa shape index (κ3) is 6.68. The number of aromatic nitrogens is 1. The summed E-state index contributed by atoms with van der Waals surface area (Å²) in [5.41, 5.74) is 2.62. The Kier molecular flexibility index (Phi) is 8.18. The van der Waals surface area contributed by atoms with Gasteiger partial charge in [-0.3, -0.25) is 9.89 Å². The Bertz CT molecular complexity index is 893. The first-order valence-electron chi connectivity index (χ1n) is 12.2. The molecule has 2 atom stereocenters. The zero-order valence-corrected chi connectivity index (χ0v) is 20.4. The Morgan fingerprint density at radius 2 is 1.85 bits per heavy atom. The number of likely N-dealkylation sites (tertiary alicyclic amines) is 1. The van der Waals surface area contributed by atoms with E-state index in [1.165, 1.54) is 11.1 Å². The molecule has 0 radical (unpaired) electrons. The molecule has 7 heteroatoms. The molecule has 2 N–H and O–H groups in total. The summed E-state index contributed by atoms with van der Waals surface area (Å²) in [6.45, 7) is 9.44. The Balaban J connectivity index is 1.25. The van der Waals surface area contributed by atoms with Crippen molar-refractivity contribution >= 4 is 11.8 Å². The molecule has 0 saturated carbocycles. The molecule has 1 aromatic heterocycles. The second-order valence-electron chi connectivity index (χ2n) is 9.41. The number of piperazine rings is 1. The highest BCUT2D eigenvalue weighted by atomic mass is 15.3. The van der Waals surface area contributed by atoms with Crippen LogP contribution in [-0.2, 0) is 13.1 Å². The fraction of sp³-hybridized carbons (Fsp3) is 0.538. The van der Waals surface area contributed by atoms with Crippen molar-refractivity contribution < 1.29 is 0 Å². The van der Waals surface area contributed by atoms with E-state index in [0.717, 1.165) is 70.4 Å². The van der Waals surface area contributed by atoms with Gasteiger partial charge in [-0.15, -0.1) is 0 Å². The van der Waals surface area contributed by atoms with E-state index in [1.54, 1.807) is 0 Å². The van der Waals surface area contributed by atoms with Crippen LogP contribution in [0.3, 0.4) is 0 Å². The molecule has 33 heavy (non-hydrogen) atoms. The fourth-order valence-electron chi connectivity index (χ4n) is 4.76. The molecule has 0 bridgehead atoms. The highest BCUT2D eigenvalue weighted by Crippen LogP contribution is 2.20. The summed E-state index contributed by atoms with van der Waals surface area (Å²) in [4.78, 5) is 16.4. The summed E-state index contributed by atoms with van der Waals surface area (Å²) in [5.74, 6) is 1.95. The maximum absolute atomic E-state index is 4.60. The van der Waals surface area contributed by atoms with Gasteiger partial charge in [0.25, 0.3) is 0 Å². The zero-order valence-electron chi connectivity index (χ0n) is 20.4. The minimum atomic E-state index is 0.441. The van der Waals surface area contributed by atoms with Gasteiger partial charge in [0.05, 0.1) is 0 Å². The third-order valence-electron chi connectivity index (χ3n) is 6.90. The van der Waals surface area contributed by atoms with Gasteiger partial charge in [-0.2, -0.15) is 0 Å². The van der Waals surface area contributed by atoms with E-state index in [0.29, 0.717) is 12.1 Å². The molecule has 7 nitrogen and oxygen atoms in total. The first kappa shape index (κ1) is 23.5. The molecule has 3 heterocycles. The van der Waals surface area contributed by atoms with Crippen LogP contribution in [0.1, 0.15) is 30.9 Å². The molecule has 1 aromatic carbocycles. The Morgan fingerprint density at radius 1 is 1.06 bits per heavy atom. The van der Waals surface area contributed by atoms with Crippen molar-refractivity contribution in [2.24, 2.45) is 4.99 Å². The first-order valence-corrected chi connectivity index (χ1v) is 12.2. The smallest absolute Gasteiger partial charge is 0.191 e. The summed E-state index contributed by atoms with van der Waals surface area (Å²) >= 11 is 0. The number of pyridine rings is 1. The molecule has 2 saturated heterocycles. The zero-order chi connectivity index (χ0) is 23.0. The van der Waals surface area contributed by atoms with Crippen LogP contribution in [0.2, 0.25) is 0 Å². The minimum absolute atomic E-state index is 0.441. The Hall–Kier alpha value is -2.64. The molecule has 178 valence electrons. The van der Waals surface area contributed by atoms with Gasteiger partial charge >= 0.3 is 0 Å². The van der Waals surface area contributed by atoms with E-state index in [1.807, 2.05) is 13.2 Å². The fourth-order valence-corrected chi connectivity index (χ4v) is 4.76. The summed E-state index contributed by atoms with van der Waals surface area (Å²) < 4.78 is 0. The monoisotopic (exact) mass is 449 g/mol. The number of aliphatic imine (C=N–C) groups is 1. The number of benzene rings is 1. The van der Waals surface area contributed by atoms with Crippen molar-refractivity contribution in [3.05, 3.63) is 59.8 Å². The van der Waals surface area contributed by atoms with Crippen molar-refractivity contribution in [1.29, 1.82) is 0 Å². The highest BCUT2D eigenvalue weighted by molar-refractivity contribution is 5.80. The highest BCUT2D eigenvalue weighted by Gasteiger charge is 2.26. The predicted molar refractivity (Wildman–Crippen MR) is 137 cm³/mol. The van der Waals surface area contributed by atoms with E-state index in [2.05, 4.69) is 91.7 Å². The van der Waals surface area contributed by atoms with E-state index >= 15 is 0 Å². The van der Waals surface area contributed by atoms with E-state index in [4.69, 9.17) is 0 Å². The maximum atomic E-state index is 4.60. The second-order valence-corrected chi connectivity index (χ2v) is 9.41. The molecule has 2 aliphatic heterocycles. The number of anilines is 1. The van der Waals surface area contributed by atoms with Gasteiger partial charge in [0.1, 0.15) is 5.82 Å². The van der Waals surface area contributed by atoms with Gasteiger partial charge in [0.2, 0.25) is 0 Å². The van der Waals surface area contributed by atoms with Crippen LogP contribution in [0.25, 0.3) is 0 Å². The van der Waals surface area contributed by atoms with Gasteiger partial charge < -0.3 is 20.4 Å². The van der Waals surface area contributed by atoms with Crippen molar-refractivity contribution in [1.82, 2.24) is 25.4 Å². The van der Waals surface area contributed by atoms with Gasteiger partial charge in [0, 0.05) is 71.1 Å². The molecule has 0 amide bonds. The number of hydrogen-bond donors (Lipinski definition) is 2. The van der Waals surface area contributed by atoms with Crippen molar-refractivity contribution in [2.75, 3.05) is 51.7 Å². The second kappa shape index (κ2) is 11.5. The van der Waals surface area contributed by atoms with E-state index in [-0.39, 0.29) is 0 Å². The third-order valence-corrected chi connectivity index (χ3v) is 6.90. The lowest BCUT2D eigenvalue weighted by Crippen LogP contribution is -2.51. The maximum Gasteiger partial charge on any atom is 0.191 e. The van der Waals surface area contributed by atoms with E-state index < -0.39 is 0 Å². The molecule has 0 spiro atoms. The molecule has 2 aliphatic rings. The molecular weight excluding hydrogens is 410 g/mol. The first-order chi connectivity index (χ1) is 16.1. The standard InChI is InChI=1S/C26H39N7/c1-21-17-24(10-12-33(21)20-22-7-5-4-6-8-22)30-26(27-2)29-19-23-9-11-28-25(18-23)32-15-13-31(3)14-16-32/h4-9,11,18,21,24H,10,12-17,19-20H2,1-3H3,(H2,27,29,30). The molecule has 0 aliphatic carbocycles. The average molecular weight is 450 g/mol. The van der Waals surface area contributed by atoms with Crippen LogP contribution in [0.15, 0.2) is 53.7 Å². The Morgan fingerprint density at radius 3 is 2.58 bits per heavy atom. The van der Waals surface area contributed by atoms with Crippen LogP contribution < -0.4 is 15.5 Å². The van der Waals surface area contributed by atoms with Crippen LogP contribution in [-0.4, -0.2) is 79.6 Å². The Labute approximate surface area is 198 Å². The number of hydrogen-bond acceptors (Lipinski definition) is 5. The van der Waals surface area contributed by atoms with Crippen molar-refractivity contribution in [2.45, 2.75) is 44.9 Å². The number of likely N-dealkylation sites (N-methyl/N-ethyl adjacent to an activating group) is 1. The number of piperidine rings is 1. The van der Waals surface area contributed by atoms with Gasteiger partial charge in [-0.05, 0) is 50.1 Å². The van der Waals surface area contributed by atoms with Crippen molar-refractivity contribution in [3.63, 3.8) is 0 Å². The van der Waals surface area contributed by atoms with E-state index in [9.17, 15) is 0 Å². The van der Waals surface area contributed by atoms with Crippen molar-refractivity contribution in [3.8, 4) is 0 Å². The van der Waals surface area contributed by atoms with Crippen LogP contribution in [0.5, 0.6) is 0 Å². The minimum Gasteiger partial charge on any atom is -0.354 e. The normalized spacial score (nSPS) is 22.9. The number of rotatable bonds is 6. The predicted octanol–water partition coefficient (Wildman–Crippen LogP) is 2.55. The SMILES string of the molecule is CN=C(NCc1ccnc(N2CCN(C)CC2)c1)NC1CCN(Cc2ccccc2)C(C)C1. The summed E-state index contributed by atoms with van der Waals surface area (Å²) in [5, 5.41) is 7.16. The lowest BCUT2D eigenvalue weighted by atomic mass is 9.97. The molecular formula is C26H39N7. The lowest BCUT2D eigenvalue weighted by Gasteiger charge is -2.38. The molecule has 2 fully saturated rings. The van der Waals surface area contributed by atoms with Gasteiger partial charge in [-0.1, -0.05) is 30.3 Å². The molecule has 2 unspecified atom stereocenters. The summed E-state index contributed by atoms with van der Waals surface area (Å²) in [6.07, 6.45) is 4.17. The summed E-state index contributed by atoms with van der Waals surface area (Å²) in [7, 11) is 4.03. The van der Waals surface area contributed by atoms with Gasteiger partial charge in [-0.25, -0.2) is 4.98 Å². The quantitative estimate of drug-likeness (QED) is 0.522. The largest absolute Gasteiger partial charge is 0.354 e. The molecule has 2 aromatic rings. The number of nitrogens with one attached hydrogen (secondary N) is 2. The average Bonchev–Trinajstić information content (AvgIpc) is 2.84. The van der Waals surface area contributed by atoms with Crippen LogP contribution in [0.4, 0.5) is 5.82 Å². The number of nitrogens with zero attached hydrogens (tertiary/aromatic N) is 5.